The lowest BCUT2D eigenvalue weighted by Gasteiger charge is -2.18. The second kappa shape index (κ2) is 6.99. The van der Waals surface area contributed by atoms with Crippen molar-refractivity contribution < 1.29 is 4.79 Å². The van der Waals surface area contributed by atoms with E-state index in [1.54, 1.807) is 18.3 Å². The highest BCUT2D eigenvalue weighted by Gasteiger charge is 2.16. The molecule has 0 saturated heterocycles. The van der Waals surface area contributed by atoms with E-state index < -0.39 is 0 Å². The van der Waals surface area contributed by atoms with Crippen LogP contribution in [-0.2, 0) is 0 Å². The van der Waals surface area contributed by atoms with Crippen molar-refractivity contribution in [1.82, 2.24) is 10.3 Å². The molecule has 1 aromatic carbocycles. The van der Waals surface area contributed by atoms with Crippen molar-refractivity contribution in [2.24, 2.45) is 0 Å². The van der Waals surface area contributed by atoms with E-state index in [1.165, 1.54) is 0 Å². The van der Waals surface area contributed by atoms with Crippen molar-refractivity contribution >= 4 is 37.8 Å². The Labute approximate surface area is 135 Å². The first-order valence-electron chi connectivity index (χ1n) is 6.28. The predicted octanol–water partition coefficient (Wildman–Crippen LogP) is 4.49. The fraction of sp³-hybridized carbons (Fsp3) is 0.200. The Morgan fingerprint density at radius 1 is 1.25 bits per heavy atom. The number of carbonyl (C=O) groups is 1. The molecule has 1 amide bonds. The lowest BCUT2D eigenvalue weighted by molar-refractivity contribution is 0.0934. The van der Waals surface area contributed by atoms with Crippen molar-refractivity contribution in [3.05, 3.63) is 62.8 Å². The minimum absolute atomic E-state index is 0.0114. The van der Waals surface area contributed by atoms with E-state index in [0.717, 1.165) is 16.5 Å². The maximum Gasteiger partial charge on any atom is 0.254 e. The molecule has 0 aliphatic carbocycles. The third-order valence-corrected chi connectivity index (χ3v) is 4.15. The highest BCUT2D eigenvalue weighted by molar-refractivity contribution is 9.10. The number of rotatable bonds is 4. The lowest BCUT2D eigenvalue weighted by Crippen LogP contribution is -2.28. The normalized spacial score (nSPS) is 11.9. The Morgan fingerprint density at radius 3 is 2.55 bits per heavy atom. The van der Waals surface area contributed by atoms with Gasteiger partial charge in [0.25, 0.3) is 5.91 Å². The van der Waals surface area contributed by atoms with Crippen molar-refractivity contribution in [1.29, 1.82) is 0 Å². The van der Waals surface area contributed by atoms with E-state index in [2.05, 4.69) is 42.2 Å². The van der Waals surface area contributed by atoms with Crippen LogP contribution in [-0.4, -0.2) is 10.9 Å². The lowest BCUT2D eigenvalue weighted by atomic mass is 10.0. The Bertz CT molecular complexity index is 599. The average Bonchev–Trinajstić information content (AvgIpc) is 2.46. The first-order chi connectivity index (χ1) is 9.61. The molecule has 0 aliphatic rings. The molecule has 0 bridgehead atoms. The second-order valence-electron chi connectivity index (χ2n) is 4.33. The molecular weight excluding hydrogens is 384 g/mol. The molecule has 2 rings (SSSR count). The van der Waals surface area contributed by atoms with Crippen molar-refractivity contribution in [2.45, 2.75) is 19.4 Å². The maximum atomic E-state index is 12.3. The minimum Gasteiger partial charge on any atom is -0.345 e. The quantitative estimate of drug-likeness (QED) is 0.772. The number of nitrogens with one attached hydrogen (secondary N) is 1. The summed E-state index contributed by atoms with van der Waals surface area (Å²) in [6.45, 7) is 2.05. The van der Waals surface area contributed by atoms with Gasteiger partial charge >= 0.3 is 0 Å². The number of hydrogen-bond acceptors (Lipinski definition) is 2. The Morgan fingerprint density at radius 2 is 1.95 bits per heavy atom. The molecular formula is C15H14Br2N2O. The van der Waals surface area contributed by atoms with Crippen LogP contribution in [0.3, 0.4) is 0 Å². The highest BCUT2D eigenvalue weighted by atomic mass is 79.9. The highest BCUT2D eigenvalue weighted by Crippen LogP contribution is 2.21. The maximum absolute atomic E-state index is 12.3. The number of aromatic nitrogens is 1. The average molecular weight is 398 g/mol. The largest absolute Gasteiger partial charge is 0.345 e. The van der Waals surface area contributed by atoms with E-state index in [4.69, 9.17) is 0 Å². The SMILES string of the molecule is CCC(NC(=O)c1cccnc1Br)c1ccc(Br)cc1. The van der Waals surface area contributed by atoms with Crippen LogP contribution in [0.25, 0.3) is 0 Å². The Balaban J connectivity index is 2.16. The summed E-state index contributed by atoms with van der Waals surface area (Å²) in [5.74, 6) is -0.125. The summed E-state index contributed by atoms with van der Waals surface area (Å²) in [6.07, 6.45) is 2.47. The molecule has 5 heteroatoms. The molecule has 0 aliphatic heterocycles. The molecule has 0 radical (unpaired) electrons. The van der Waals surface area contributed by atoms with Crippen LogP contribution in [0.4, 0.5) is 0 Å². The molecule has 104 valence electrons. The van der Waals surface area contributed by atoms with E-state index in [1.807, 2.05) is 31.2 Å². The number of benzene rings is 1. The van der Waals surface area contributed by atoms with E-state index in [0.29, 0.717) is 10.2 Å². The third-order valence-electron chi connectivity index (χ3n) is 2.99. The number of amides is 1. The monoisotopic (exact) mass is 396 g/mol. The van der Waals surface area contributed by atoms with E-state index in [-0.39, 0.29) is 11.9 Å². The minimum atomic E-state index is -0.125. The molecule has 0 spiro atoms. The van der Waals surface area contributed by atoms with Gasteiger partial charge in [0.05, 0.1) is 11.6 Å². The van der Waals surface area contributed by atoms with Crippen molar-refractivity contribution in [3.8, 4) is 0 Å². The molecule has 3 nitrogen and oxygen atoms in total. The molecule has 1 unspecified atom stereocenters. The van der Waals surface area contributed by atoms with Gasteiger partial charge in [0.2, 0.25) is 0 Å². The smallest absolute Gasteiger partial charge is 0.254 e. The molecule has 2 aromatic rings. The Kier molecular flexibility index (Phi) is 5.31. The predicted molar refractivity (Wildman–Crippen MR) is 86.6 cm³/mol. The zero-order chi connectivity index (χ0) is 14.5. The van der Waals surface area contributed by atoms with Gasteiger partial charge in [-0.15, -0.1) is 0 Å². The molecule has 0 fully saturated rings. The fourth-order valence-corrected chi connectivity index (χ4v) is 2.60. The summed E-state index contributed by atoms with van der Waals surface area (Å²) >= 11 is 6.71. The second-order valence-corrected chi connectivity index (χ2v) is 5.99. The van der Waals surface area contributed by atoms with Crippen LogP contribution in [0.5, 0.6) is 0 Å². The summed E-state index contributed by atoms with van der Waals surface area (Å²) in [5, 5.41) is 3.04. The number of nitrogens with zero attached hydrogens (tertiary/aromatic N) is 1. The third kappa shape index (κ3) is 3.67. The zero-order valence-corrected chi connectivity index (χ0v) is 14.1. The summed E-state index contributed by atoms with van der Waals surface area (Å²) < 4.78 is 1.58. The van der Waals surface area contributed by atoms with Crippen LogP contribution in [0.1, 0.15) is 35.3 Å². The van der Waals surface area contributed by atoms with Crippen LogP contribution < -0.4 is 5.32 Å². The summed E-state index contributed by atoms with van der Waals surface area (Å²) in [4.78, 5) is 16.4. The van der Waals surface area contributed by atoms with Gasteiger partial charge < -0.3 is 5.32 Å². The summed E-state index contributed by atoms with van der Waals surface area (Å²) in [5.41, 5.74) is 1.63. The first kappa shape index (κ1) is 15.2. The van der Waals surface area contributed by atoms with Gasteiger partial charge in [0, 0.05) is 10.7 Å². The number of carbonyl (C=O) groups excluding carboxylic acids is 1. The first-order valence-corrected chi connectivity index (χ1v) is 7.87. The van der Waals surface area contributed by atoms with Crippen LogP contribution >= 0.6 is 31.9 Å². The number of hydrogen-bond donors (Lipinski definition) is 1. The van der Waals surface area contributed by atoms with Crippen LogP contribution in [0.15, 0.2) is 51.7 Å². The number of halogens is 2. The van der Waals surface area contributed by atoms with Gasteiger partial charge in [-0.1, -0.05) is 35.0 Å². The van der Waals surface area contributed by atoms with Crippen LogP contribution in [0, 0.1) is 0 Å². The molecule has 1 heterocycles. The standard InChI is InChI=1S/C15H14Br2N2O/c1-2-13(10-5-7-11(16)8-6-10)19-15(20)12-4-3-9-18-14(12)17/h3-9,13H,2H2,1H3,(H,19,20). The van der Waals surface area contributed by atoms with Gasteiger partial charge in [-0.05, 0) is 52.2 Å². The van der Waals surface area contributed by atoms with Crippen molar-refractivity contribution in [2.75, 3.05) is 0 Å². The zero-order valence-electron chi connectivity index (χ0n) is 10.9. The van der Waals surface area contributed by atoms with E-state index in [9.17, 15) is 4.79 Å². The molecule has 1 atom stereocenters. The topological polar surface area (TPSA) is 42.0 Å². The van der Waals surface area contributed by atoms with Gasteiger partial charge in [-0.2, -0.15) is 0 Å². The molecule has 0 saturated carbocycles. The van der Waals surface area contributed by atoms with Gasteiger partial charge in [0.15, 0.2) is 0 Å². The van der Waals surface area contributed by atoms with Crippen LogP contribution in [0.2, 0.25) is 0 Å². The molecule has 20 heavy (non-hydrogen) atoms. The van der Waals surface area contributed by atoms with E-state index >= 15 is 0 Å². The Hall–Kier alpha value is -1.20. The van der Waals surface area contributed by atoms with Gasteiger partial charge in [0.1, 0.15) is 4.60 Å². The molecule has 1 aromatic heterocycles. The summed E-state index contributed by atoms with van der Waals surface area (Å²) in [7, 11) is 0. The summed E-state index contributed by atoms with van der Waals surface area (Å²) in [6, 6.07) is 11.5. The van der Waals surface area contributed by atoms with Crippen molar-refractivity contribution in [3.63, 3.8) is 0 Å². The number of pyridine rings is 1. The molecule has 1 N–H and O–H groups in total. The van der Waals surface area contributed by atoms with Gasteiger partial charge in [-0.25, -0.2) is 4.98 Å². The fourth-order valence-electron chi connectivity index (χ4n) is 1.91. The van der Waals surface area contributed by atoms with Gasteiger partial charge in [-0.3, -0.25) is 4.79 Å².